The van der Waals surface area contributed by atoms with Crippen LogP contribution in [0.15, 0.2) is 24.5 Å². The average Bonchev–Trinajstić information content (AvgIpc) is 2.79. The van der Waals surface area contributed by atoms with Crippen LogP contribution in [0.1, 0.15) is 62.4 Å². The standard InChI is InChI=1S/C24H30FN7O2/c1-14(2)29-21-10-22(31-23-20(25)9-16(11-26)12-28-23)27-13-19(21)24(34)32(4)18-7-5-17(6-8-18)30-15(3)33/h9-10,12-14,17-18H,5-8H2,1-4H3,(H,30,33)(H2,27,28,29,31). The molecule has 2 aromatic heterocycles. The number of nitrogens with one attached hydrogen (secondary N) is 3. The summed E-state index contributed by atoms with van der Waals surface area (Å²) < 4.78 is 14.2. The summed E-state index contributed by atoms with van der Waals surface area (Å²) in [6.45, 7) is 5.43. The number of rotatable bonds is 7. The zero-order chi connectivity index (χ0) is 24.8. The van der Waals surface area contributed by atoms with Crippen LogP contribution in [0.3, 0.4) is 0 Å². The SMILES string of the molecule is CC(=O)NC1CCC(N(C)C(=O)c2cnc(Nc3ncc(C#N)cc3F)cc2NC(C)C)CC1. The molecule has 0 atom stereocenters. The Morgan fingerprint density at radius 3 is 2.47 bits per heavy atom. The van der Waals surface area contributed by atoms with E-state index in [0.29, 0.717) is 17.1 Å². The summed E-state index contributed by atoms with van der Waals surface area (Å²) in [6.07, 6.45) is 5.99. The molecule has 1 saturated carbocycles. The summed E-state index contributed by atoms with van der Waals surface area (Å²) in [5.41, 5.74) is 1.11. The molecule has 10 heteroatoms. The molecule has 3 rings (SSSR count). The van der Waals surface area contributed by atoms with Crippen LogP contribution >= 0.6 is 0 Å². The zero-order valence-electron chi connectivity index (χ0n) is 19.9. The molecule has 1 aliphatic carbocycles. The Morgan fingerprint density at radius 1 is 1.18 bits per heavy atom. The largest absolute Gasteiger partial charge is 0.382 e. The topological polar surface area (TPSA) is 123 Å². The summed E-state index contributed by atoms with van der Waals surface area (Å²) in [7, 11) is 1.78. The van der Waals surface area contributed by atoms with Crippen molar-refractivity contribution in [3.05, 3.63) is 41.5 Å². The van der Waals surface area contributed by atoms with Gasteiger partial charge in [0.05, 0.1) is 16.8 Å². The molecule has 34 heavy (non-hydrogen) atoms. The maximum absolute atomic E-state index is 14.2. The van der Waals surface area contributed by atoms with Crippen molar-refractivity contribution in [3.63, 3.8) is 0 Å². The molecule has 3 N–H and O–H groups in total. The molecule has 2 amide bonds. The lowest BCUT2D eigenvalue weighted by Gasteiger charge is -2.35. The molecule has 0 aromatic carbocycles. The Morgan fingerprint density at radius 2 is 1.88 bits per heavy atom. The van der Waals surface area contributed by atoms with E-state index >= 15 is 0 Å². The molecule has 0 bridgehead atoms. The second kappa shape index (κ2) is 10.9. The van der Waals surface area contributed by atoms with E-state index in [9.17, 15) is 14.0 Å². The van der Waals surface area contributed by atoms with E-state index in [0.717, 1.165) is 31.7 Å². The van der Waals surface area contributed by atoms with Crippen molar-refractivity contribution in [1.82, 2.24) is 20.2 Å². The second-order valence-corrected chi connectivity index (χ2v) is 8.83. The van der Waals surface area contributed by atoms with E-state index in [4.69, 9.17) is 5.26 Å². The number of carbonyl (C=O) groups excluding carboxylic acids is 2. The monoisotopic (exact) mass is 467 g/mol. The van der Waals surface area contributed by atoms with Gasteiger partial charge in [-0.05, 0) is 45.6 Å². The molecule has 0 spiro atoms. The van der Waals surface area contributed by atoms with Crippen LogP contribution in [0.5, 0.6) is 0 Å². The van der Waals surface area contributed by atoms with Crippen LogP contribution in [0.4, 0.5) is 21.7 Å². The van der Waals surface area contributed by atoms with Crippen molar-refractivity contribution in [3.8, 4) is 6.07 Å². The lowest BCUT2D eigenvalue weighted by atomic mass is 9.90. The van der Waals surface area contributed by atoms with Gasteiger partial charge < -0.3 is 20.9 Å². The normalized spacial score (nSPS) is 17.6. The van der Waals surface area contributed by atoms with Gasteiger partial charge >= 0.3 is 0 Å². The molecule has 0 unspecified atom stereocenters. The number of carbonyl (C=O) groups is 2. The van der Waals surface area contributed by atoms with Crippen molar-refractivity contribution in [2.45, 2.75) is 64.6 Å². The number of hydrogen-bond donors (Lipinski definition) is 3. The summed E-state index contributed by atoms with van der Waals surface area (Å²) >= 11 is 0. The Hall–Kier alpha value is -3.74. The van der Waals surface area contributed by atoms with Crippen molar-refractivity contribution >= 4 is 29.1 Å². The number of pyridine rings is 2. The van der Waals surface area contributed by atoms with Crippen molar-refractivity contribution in [2.24, 2.45) is 0 Å². The lowest BCUT2D eigenvalue weighted by Crippen LogP contribution is -2.44. The predicted octanol–water partition coefficient (Wildman–Crippen LogP) is 3.57. The molecule has 0 aliphatic heterocycles. The minimum absolute atomic E-state index is 0.0341. The molecular formula is C24H30FN7O2. The lowest BCUT2D eigenvalue weighted by molar-refractivity contribution is -0.119. The Balaban J connectivity index is 1.77. The first-order valence-corrected chi connectivity index (χ1v) is 11.3. The fourth-order valence-electron chi connectivity index (χ4n) is 4.09. The quantitative estimate of drug-likeness (QED) is 0.569. The van der Waals surface area contributed by atoms with Gasteiger partial charge in [-0.2, -0.15) is 5.26 Å². The van der Waals surface area contributed by atoms with E-state index in [1.54, 1.807) is 18.0 Å². The van der Waals surface area contributed by atoms with Gasteiger partial charge in [0.2, 0.25) is 5.91 Å². The first kappa shape index (κ1) is 24.9. The molecule has 180 valence electrons. The number of hydrogen-bond acceptors (Lipinski definition) is 7. The highest BCUT2D eigenvalue weighted by Crippen LogP contribution is 2.27. The Labute approximate surface area is 198 Å². The molecule has 0 radical (unpaired) electrons. The molecule has 2 heterocycles. The van der Waals surface area contributed by atoms with Gasteiger partial charge in [0.25, 0.3) is 5.91 Å². The van der Waals surface area contributed by atoms with Crippen LogP contribution < -0.4 is 16.0 Å². The van der Waals surface area contributed by atoms with E-state index < -0.39 is 5.82 Å². The predicted molar refractivity (Wildman–Crippen MR) is 127 cm³/mol. The molecule has 9 nitrogen and oxygen atoms in total. The second-order valence-electron chi connectivity index (χ2n) is 8.83. The van der Waals surface area contributed by atoms with Crippen LogP contribution in [-0.4, -0.2) is 51.9 Å². The summed E-state index contributed by atoms with van der Waals surface area (Å²) in [5.74, 6) is -0.613. The van der Waals surface area contributed by atoms with Crippen molar-refractivity contribution in [2.75, 3.05) is 17.7 Å². The number of anilines is 3. The van der Waals surface area contributed by atoms with Gasteiger partial charge in [0, 0.05) is 50.6 Å². The Bertz CT molecular complexity index is 1090. The smallest absolute Gasteiger partial charge is 0.257 e. The van der Waals surface area contributed by atoms with E-state index in [-0.39, 0.29) is 41.3 Å². The van der Waals surface area contributed by atoms with Crippen LogP contribution in [0.2, 0.25) is 0 Å². The third kappa shape index (κ3) is 6.19. The maximum atomic E-state index is 14.2. The highest BCUT2D eigenvalue weighted by atomic mass is 19.1. The summed E-state index contributed by atoms with van der Waals surface area (Å²) in [5, 5.41) is 17.9. The van der Waals surface area contributed by atoms with Gasteiger partial charge in [0.15, 0.2) is 11.6 Å². The van der Waals surface area contributed by atoms with Crippen LogP contribution in [0.25, 0.3) is 0 Å². The minimum atomic E-state index is -0.672. The highest BCUT2D eigenvalue weighted by Gasteiger charge is 2.29. The first-order chi connectivity index (χ1) is 16.2. The molecule has 2 aromatic rings. The molecular weight excluding hydrogens is 437 g/mol. The minimum Gasteiger partial charge on any atom is -0.382 e. The van der Waals surface area contributed by atoms with Gasteiger partial charge in [0.1, 0.15) is 11.9 Å². The van der Waals surface area contributed by atoms with Crippen molar-refractivity contribution in [1.29, 1.82) is 5.26 Å². The third-order valence-corrected chi connectivity index (χ3v) is 5.77. The molecule has 0 saturated heterocycles. The van der Waals surface area contributed by atoms with Gasteiger partial charge in [-0.3, -0.25) is 9.59 Å². The maximum Gasteiger partial charge on any atom is 0.257 e. The first-order valence-electron chi connectivity index (χ1n) is 11.3. The van der Waals surface area contributed by atoms with Crippen LogP contribution in [0, 0.1) is 17.1 Å². The number of halogens is 1. The number of nitriles is 1. The van der Waals surface area contributed by atoms with E-state index in [2.05, 4.69) is 25.9 Å². The molecule has 1 fully saturated rings. The number of amides is 2. The average molecular weight is 468 g/mol. The number of nitrogens with zero attached hydrogens (tertiary/aromatic N) is 4. The van der Waals surface area contributed by atoms with Gasteiger partial charge in [-0.25, -0.2) is 14.4 Å². The fraction of sp³-hybridized carbons (Fsp3) is 0.458. The molecule has 1 aliphatic rings. The number of aromatic nitrogens is 2. The zero-order valence-corrected chi connectivity index (χ0v) is 19.9. The third-order valence-electron chi connectivity index (χ3n) is 5.77. The van der Waals surface area contributed by atoms with Crippen LogP contribution in [-0.2, 0) is 4.79 Å². The fourth-order valence-corrected chi connectivity index (χ4v) is 4.09. The van der Waals surface area contributed by atoms with Gasteiger partial charge in [-0.15, -0.1) is 0 Å². The summed E-state index contributed by atoms with van der Waals surface area (Å²) in [6, 6.07) is 4.85. The Kier molecular flexibility index (Phi) is 7.99. The van der Waals surface area contributed by atoms with Gasteiger partial charge in [-0.1, -0.05) is 0 Å². The summed E-state index contributed by atoms with van der Waals surface area (Å²) in [4.78, 5) is 34.6. The van der Waals surface area contributed by atoms with E-state index in [1.165, 1.54) is 19.3 Å². The highest BCUT2D eigenvalue weighted by molar-refractivity contribution is 6.00. The van der Waals surface area contributed by atoms with E-state index in [1.807, 2.05) is 19.9 Å². The van der Waals surface area contributed by atoms with Crippen molar-refractivity contribution < 1.29 is 14.0 Å².